The Morgan fingerprint density at radius 1 is 1.37 bits per heavy atom. The number of carbonyl (C=O) groups excluding carboxylic acids is 1. The molecule has 1 aromatic rings. The fraction of sp³-hybridized carbons (Fsp3) is 0.417. The Balaban J connectivity index is 2.86. The van der Waals surface area contributed by atoms with Gasteiger partial charge in [0.2, 0.25) is 0 Å². The second-order valence-corrected chi connectivity index (χ2v) is 5.40. The minimum atomic E-state index is -1.19. The first kappa shape index (κ1) is 15.9. The van der Waals surface area contributed by atoms with Gasteiger partial charge in [0, 0.05) is 17.9 Å². The molecule has 0 fully saturated rings. The van der Waals surface area contributed by atoms with Crippen molar-refractivity contribution < 1.29 is 13.6 Å². The predicted octanol–water partition coefficient (Wildman–Crippen LogP) is 1.14. The number of carbonyl (C=O) groups is 1. The number of nitrogens with two attached hydrogens (primary N) is 2. The van der Waals surface area contributed by atoms with Crippen LogP contribution in [0, 0.1) is 11.6 Å². The zero-order chi connectivity index (χ0) is 14.6. The number of thioether (sulfide) groups is 1. The highest BCUT2D eigenvalue weighted by molar-refractivity contribution is 7.99. The van der Waals surface area contributed by atoms with Crippen molar-refractivity contribution in [3.8, 4) is 0 Å². The van der Waals surface area contributed by atoms with Crippen molar-refractivity contribution in [1.82, 2.24) is 4.90 Å². The van der Waals surface area contributed by atoms with Gasteiger partial charge in [-0.15, -0.1) is 11.8 Å². The molecular formula is C12H17F2N3OS. The molecule has 0 saturated heterocycles. The van der Waals surface area contributed by atoms with Crippen LogP contribution in [0.5, 0.6) is 0 Å². The van der Waals surface area contributed by atoms with Crippen LogP contribution in [-0.4, -0.2) is 36.8 Å². The van der Waals surface area contributed by atoms with E-state index in [1.807, 2.05) is 19.0 Å². The lowest BCUT2D eigenvalue weighted by Gasteiger charge is -2.22. The molecule has 1 rings (SSSR count). The summed E-state index contributed by atoms with van der Waals surface area (Å²) in [4.78, 5) is 12.8. The molecule has 1 amide bonds. The van der Waals surface area contributed by atoms with Crippen LogP contribution < -0.4 is 11.5 Å². The normalized spacial score (nSPS) is 12.7. The van der Waals surface area contributed by atoms with E-state index >= 15 is 0 Å². The highest BCUT2D eigenvalue weighted by Crippen LogP contribution is 2.23. The summed E-state index contributed by atoms with van der Waals surface area (Å²) < 4.78 is 27.3. The maximum atomic E-state index is 13.7. The third kappa shape index (κ3) is 3.89. The van der Waals surface area contributed by atoms with Crippen molar-refractivity contribution in [3.63, 3.8) is 0 Å². The maximum Gasteiger partial charge on any atom is 0.251 e. The van der Waals surface area contributed by atoms with Gasteiger partial charge in [-0.3, -0.25) is 9.69 Å². The lowest BCUT2D eigenvalue weighted by molar-refractivity contribution is 0.0995. The van der Waals surface area contributed by atoms with E-state index in [1.165, 1.54) is 23.9 Å². The number of benzene rings is 1. The largest absolute Gasteiger partial charge is 0.366 e. The van der Waals surface area contributed by atoms with Crippen LogP contribution in [0.15, 0.2) is 12.1 Å². The number of nitrogens with zero attached hydrogens (tertiary/aromatic N) is 1. The minimum absolute atomic E-state index is 0.0123. The molecule has 0 aliphatic carbocycles. The van der Waals surface area contributed by atoms with Gasteiger partial charge in [-0.2, -0.15) is 0 Å². The van der Waals surface area contributed by atoms with Gasteiger partial charge in [0.1, 0.15) is 0 Å². The molecule has 7 heteroatoms. The number of hydrogen-bond acceptors (Lipinski definition) is 4. The van der Waals surface area contributed by atoms with Crippen molar-refractivity contribution in [3.05, 3.63) is 34.9 Å². The van der Waals surface area contributed by atoms with Gasteiger partial charge >= 0.3 is 0 Å². The SMILES string of the molecule is CN(C)[C@H](CN)SCc1ccc(C(N)=O)c(F)c1F. The maximum absolute atomic E-state index is 13.7. The number of hydrogen-bond donors (Lipinski definition) is 2. The molecule has 0 heterocycles. The summed E-state index contributed by atoms with van der Waals surface area (Å²) >= 11 is 1.40. The quantitative estimate of drug-likeness (QED) is 0.770. The second kappa shape index (κ2) is 6.83. The standard InChI is InChI=1S/C12H17F2N3OS/c1-17(2)9(5-15)19-6-7-3-4-8(12(16)18)11(14)10(7)13/h3-4,9H,5-6,15H2,1-2H3,(H2,16,18)/t9-/m0/s1. The number of halogens is 2. The van der Waals surface area contributed by atoms with Crippen LogP contribution in [-0.2, 0) is 5.75 Å². The van der Waals surface area contributed by atoms with Crippen LogP contribution >= 0.6 is 11.8 Å². The van der Waals surface area contributed by atoms with Crippen LogP contribution in [0.4, 0.5) is 8.78 Å². The Morgan fingerprint density at radius 2 is 2.00 bits per heavy atom. The van der Waals surface area contributed by atoms with Crippen LogP contribution in [0.3, 0.4) is 0 Å². The van der Waals surface area contributed by atoms with E-state index in [2.05, 4.69) is 0 Å². The highest BCUT2D eigenvalue weighted by atomic mass is 32.2. The fourth-order valence-electron chi connectivity index (χ4n) is 1.51. The van der Waals surface area contributed by atoms with E-state index in [0.29, 0.717) is 6.54 Å². The summed E-state index contributed by atoms with van der Waals surface area (Å²) in [5.74, 6) is -2.94. The van der Waals surface area contributed by atoms with Gasteiger partial charge < -0.3 is 11.5 Å². The van der Waals surface area contributed by atoms with E-state index in [1.54, 1.807) is 0 Å². The van der Waals surface area contributed by atoms with Gasteiger partial charge in [-0.25, -0.2) is 8.78 Å². The minimum Gasteiger partial charge on any atom is -0.366 e. The van der Waals surface area contributed by atoms with Crippen molar-refractivity contribution in [1.29, 1.82) is 0 Å². The summed E-state index contributed by atoms with van der Waals surface area (Å²) in [5, 5.41) is 0.0123. The van der Waals surface area contributed by atoms with Gasteiger partial charge in [-0.1, -0.05) is 6.07 Å². The smallest absolute Gasteiger partial charge is 0.251 e. The summed E-state index contributed by atoms with van der Waals surface area (Å²) in [6.07, 6.45) is 0. The molecule has 1 aromatic carbocycles. The number of primary amides is 1. The summed E-state index contributed by atoms with van der Waals surface area (Å²) in [5.41, 5.74) is 10.3. The summed E-state index contributed by atoms with van der Waals surface area (Å²) in [6.45, 7) is 0.404. The molecule has 0 radical (unpaired) electrons. The lowest BCUT2D eigenvalue weighted by Crippen LogP contribution is -2.32. The molecule has 0 spiro atoms. The molecule has 19 heavy (non-hydrogen) atoms. The van der Waals surface area contributed by atoms with Crippen LogP contribution in [0.1, 0.15) is 15.9 Å². The molecule has 0 bridgehead atoms. The Hall–Kier alpha value is -1.18. The van der Waals surface area contributed by atoms with Gasteiger partial charge in [0.05, 0.1) is 10.9 Å². The van der Waals surface area contributed by atoms with E-state index in [-0.39, 0.29) is 16.7 Å². The molecule has 4 N–H and O–H groups in total. The number of likely N-dealkylation sites (N-methyl/N-ethyl adjacent to an activating group) is 1. The van der Waals surface area contributed by atoms with E-state index in [4.69, 9.17) is 11.5 Å². The van der Waals surface area contributed by atoms with Gasteiger partial charge in [0.15, 0.2) is 11.6 Å². The zero-order valence-electron chi connectivity index (χ0n) is 10.8. The van der Waals surface area contributed by atoms with Crippen molar-refractivity contribution >= 4 is 17.7 Å². The molecule has 0 aliphatic heterocycles. The Kier molecular flexibility index (Phi) is 5.71. The molecule has 0 unspecified atom stereocenters. The van der Waals surface area contributed by atoms with E-state index in [9.17, 15) is 13.6 Å². The molecule has 0 aliphatic rings. The predicted molar refractivity (Wildman–Crippen MR) is 72.7 cm³/mol. The molecule has 1 atom stereocenters. The summed E-state index contributed by atoms with van der Waals surface area (Å²) in [7, 11) is 3.72. The molecular weight excluding hydrogens is 272 g/mol. The lowest BCUT2D eigenvalue weighted by atomic mass is 10.1. The molecule has 0 saturated carbocycles. The zero-order valence-corrected chi connectivity index (χ0v) is 11.6. The average Bonchev–Trinajstić information content (AvgIpc) is 2.34. The topological polar surface area (TPSA) is 72.3 Å². The van der Waals surface area contributed by atoms with Crippen LogP contribution in [0.25, 0.3) is 0 Å². The van der Waals surface area contributed by atoms with E-state index < -0.39 is 23.1 Å². The van der Waals surface area contributed by atoms with Crippen molar-refractivity contribution in [2.75, 3.05) is 20.6 Å². The molecule has 0 aromatic heterocycles. The van der Waals surface area contributed by atoms with Crippen molar-refractivity contribution in [2.24, 2.45) is 11.5 Å². The molecule has 4 nitrogen and oxygen atoms in total. The Labute approximate surface area is 115 Å². The average molecular weight is 289 g/mol. The van der Waals surface area contributed by atoms with Crippen LogP contribution in [0.2, 0.25) is 0 Å². The Bertz CT molecular complexity index is 469. The summed E-state index contributed by atoms with van der Waals surface area (Å²) in [6, 6.07) is 2.57. The molecule has 106 valence electrons. The number of amides is 1. The van der Waals surface area contributed by atoms with Crippen molar-refractivity contribution in [2.45, 2.75) is 11.1 Å². The first-order valence-electron chi connectivity index (χ1n) is 5.63. The second-order valence-electron chi connectivity index (χ2n) is 4.23. The van der Waals surface area contributed by atoms with Gasteiger partial charge in [-0.05, 0) is 20.2 Å². The highest BCUT2D eigenvalue weighted by Gasteiger charge is 2.18. The third-order valence-electron chi connectivity index (χ3n) is 2.64. The van der Waals surface area contributed by atoms with E-state index in [0.717, 1.165) is 0 Å². The first-order chi connectivity index (χ1) is 8.88. The van der Waals surface area contributed by atoms with Gasteiger partial charge in [0.25, 0.3) is 5.91 Å². The third-order valence-corrected chi connectivity index (χ3v) is 4.11. The Morgan fingerprint density at radius 3 is 2.47 bits per heavy atom. The fourth-order valence-corrected chi connectivity index (χ4v) is 2.53. The monoisotopic (exact) mass is 289 g/mol. The number of rotatable bonds is 6. The first-order valence-corrected chi connectivity index (χ1v) is 6.68.